The molecule has 0 atom stereocenters. The van der Waals surface area contributed by atoms with Crippen LogP contribution in [-0.2, 0) is 12.8 Å². The number of amides is 1. The van der Waals surface area contributed by atoms with Crippen LogP contribution in [0.5, 0.6) is 0 Å². The Kier molecular flexibility index (Phi) is 6.29. The molecule has 1 aliphatic heterocycles. The lowest BCUT2D eigenvalue weighted by molar-refractivity contribution is 0.0954. The molecule has 0 aromatic heterocycles. The molecule has 152 valence electrons. The molecule has 0 spiro atoms. The van der Waals surface area contributed by atoms with Crippen LogP contribution in [0.15, 0.2) is 71.7 Å². The van der Waals surface area contributed by atoms with E-state index in [9.17, 15) is 4.79 Å². The maximum Gasteiger partial charge on any atom is 0.251 e. The summed E-state index contributed by atoms with van der Waals surface area (Å²) in [7, 11) is 0. The Morgan fingerprint density at radius 2 is 1.80 bits per heavy atom. The van der Waals surface area contributed by atoms with Gasteiger partial charge in [0.25, 0.3) is 5.91 Å². The predicted octanol–water partition coefficient (Wildman–Crippen LogP) is 6.14. The van der Waals surface area contributed by atoms with Crippen molar-refractivity contribution in [3.8, 4) is 0 Å². The summed E-state index contributed by atoms with van der Waals surface area (Å²) < 4.78 is 0. The molecule has 0 fully saturated rings. The van der Waals surface area contributed by atoms with Crippen LogP contribution in [0.25, 0.3) is 0 Å². The fourth-order valence-electron chi connectivity index (χ4n) is 3.83. The molecule has 0 saturated heterocycles. The minimum Gasteiger partial charge on any atom is -0.352 e. The third kappa shape index (κ3) is 4.63. The molecule has 3 aromatic carbocycles. The fraction of sp³-hybridized carbons (Fsp3) is 0.231. The Morgan fingerprint density at radius 1 is 1.00 bits per heavy atom. The van der Waals surface area contributed by atoms with Gasteiger partial charge in [-0.2, -0.15) is 0 Å². The van der Waals surface area contributed by atoms with Gasteiger partial charge < -0.3 is 5.32 Å². The van der Waals surface area contributed by atoms with E-state index in [0.717, 1.165) is 53.2 Å². The second-order valence-corrected chi connectivity index (χ2v) is 8.05. The van der Waals surface area contributed by atoms with Crippen LogP contribution >= 0.6 is 11.6 Å². The van der Waals surface area contributed by atoms with Gasteiger partial charge in [-0.3, -0.25) is 9.79 Å². The van der Waals surface area contributed by atoms with Crippen molar-refractivity contribution in [2.45, 2.75) is 32.6 Å². The molecule has 3 nitrogen and oxygen atoms in total. The lowest BCUT2D eigenvalue weighted by Crippen LogP contribution is -2.25. The molecule has 0 radical (unpaired) electrons. The normalized spacial score (nSPS) is 12.4. The Morgan fingerprint density at radius 3 is 2.60 bits per heavy atom. The number of rotatable bonds is 6. The first kappa shape index (κ1) is 20.4. The van der Waals surface area contributed by atoms with Gasteiger partial charge in [0.15, 0.2) is 0 Å². The van der Waals surface area contributed by atoms with Crippen LogP contribution < -0.4 is 5.32 Å². The number of carbonyl (C=O) groups excluding carboxylic acids is 1. The second kappa shape index (κ2) is 9.27. The van der Waals surface area contributed by atoms with E-state index in [2.05, 4.69) is 36.5 Å². The molecule has 0 unspecified atom stereocenters. The average Bonchev–Trinajstić information content (AvgIpc) is 2.91. The van der Waals surface area contributed by atoms with E-state index in [1.165, 1.54) is 11.1 Å². The highest BCUT2D eigenvalue weighted by Gasteiger charge is 2.17. The molecule has 0 saturated carbocycles. The maximum absolute atomic E-state index is 12.7. The largest absolute Gasteiger partial charge is 0.352 e. The third-order valence-electron chi connectivity index (χ3n) is 5.41. The quantitative estimate of drug-likeness (QED) is 0.515. The topological polar surface area (TPSA) is 41.5 Å². The number of carbonyl (C=O) groups is 1. The molecule has 30 heavy (non-hydrogen) atoms. The third-order valence-corrected chi connectivity index (χ3v) is 5.66. The molecule has 1 amide bonds. The van der Waals surface area contributed by atoms with Crippen LogP contribution in [0.1, 0.15) is 52.4 Å². The van der Waals surface area contributed by atoms with E-state index >= 15 is 0 Å². The summed E-state index contributed by atoms with van der Waals surface area (Å²) in [4.78, 5) is 17.7. The zero-order valence-electron chi connectivity index (χ0n) is 17.1. The minimum absolute atomic E-state index is 0.0687. The number of hydrogen-bond acceptors (Lipinski definition) is 2. The number of benzene rings is 3. The zero-order valence-corrected chi connectivity index (χ0v) is 17.9. The Labute approximate surface area is 182 Å². The van der Waals surface area contributed by atoms with Gasteiger partial charge in [-0.1, -0.05) is 67.4 Å². The van der Waals surface area contributed by atoms with Crippen LogP contribution in [0.2, 0.25) is 5.02 Å². The predicted molar refractivity (Wildman–Crippen MR) is 124 cm³/mol. The number of hydrogen-bond donors (Lipinski definition) is 1. The molecule has 4 rings (SSSR count). The standard InChI is InChI=1S/C26H25ClN2O/c1-2-5-24-23-7-4-3-6-19(23)16-20-10-11-21(17-25(20)29-24)26(30)28-15-14-18-8-12-22(27)13-9-18/h3-4,6-13,17H,2,5,14-16H2,1H3,(H,28,30). The smallest absolute Gasteiger partial charge is 0.251 e. The highest BCUT2D eigenvalue weighted by molar-refractivity contribution is 6.30. The summed E-state index contributed by atoms with van der Waals surface area (Å²) in [5.41, 5.74) is 7.48. The van der Waals surface area contributed by atoms with E-state index in [1.54, 1.807) is 0 Å². The van der Waals surface area contributed by atoms with Crippen LogP contribution in [0.3, 0.4) is 0 Å². The summed E-state index contributed by atoms with van der Waals surface area (Å²) in [6.45, 7) is 2.74. The minimum atomic E-state index is -0.0687. The number of nitrogens with zero attached hydrogens (tertiary/aromatic N) is 1. The van der Waals surface area contributed by atoms with Crippen molar-refractivity contribution < 1.29 is 4.79 Å². The van der Waals surface area contributed by atoms with Crippen LogP contribution in [0, 0.1) is 0 Å². The SMILES string of the molecule is CCCC1=Nc2cc(C(=O)NCCc3ccc(Cl)cc3)ccc2Cc2ccccc21. The monoisotopic (exact) mass is 416 g/mol. The van der Waals surface area contributed by atoms with Gasteiger partial charge in [-0.25, -0.2) is 0 Å². The number of fused-ring (bicyclic) bond motifs is 2. The van der Waals surface area contributed by atoms with Gasteiger partial charge in [-0.15, -0.1) is 0 Å². The van der Waals surface area contributed by atoms with E-state index < -0.39 is 0 Å². The Hall–Kier alpha value is -2.91. The van der Waals surface area contributed by atoms with E-state index in [1.807, 2.05) is 42.5 Å². The van der Waals surface area contributed by atoms with Gasteiger partial charge in [0.1, 0.15) is 0 Å². The maximum atomic E-state index is 12.7. The molecular formula is C26H25ClN2O. The summed E-state index contributed by atoms with van der Waals surface area (Å²) in [6.07, 6.45) is 3.56. The second-order valence-electron chi connectivity index (χ2n) is 7.62. The molecule has 0 aliphatic carbocycles. The van der Waals surface area contributed by atoms with Crippen molar-refractivity contribution in [2.75, 3.05) is 6.54 Å². The molecule has 1 heterocycles. The highest BCUT2D eigenvalue weighted by atomic mass is 35.5. The molecule has 0 bridgehead atoms. The summed E-state index contributed by atoms with van der Waals surface area (Å²) >= 11 is 5.93. The zero-order chi connectivity index (χ0) is 20.9. The van der Waals surface area contributed by atoms with Crippen molar-refractivity contribution in [1.29, 1.82) is 0 Å². The molecule has 3 aromatic rings. The lowest BCUT2D eigenvalue weighted by Gasteiger charge is -2.09. The molecule has 4 heteroatoms. The molecule has 1 N–H and O–H groups in total. The number of halogens is 1. The van der Waals surface area contributed by atoms with Gasteiger partial charge in [-0.05, 0) is 59.4 Å². The van der Waals surface area contributed by atoms with Crippen molar-refractivity contribution in [2.24, 2.45) is 4.99 Å². The van der Waals surface area contributed by atoms with Gasteiger partial charge >= 0.3 is 0 Å². The highest BCUT2D eigenvalue weighted by Crippen LogP contribution is 2.30. The summed E-state index contributed by atoms with van der Waals surface area (Å²) in [6, 6.07) is 22.1. The summed E-state index contributed by atoms with van der Waals surface area (Å²) in [5.74, 6) is -0.0687. The first-order valence-corrected chi connectivity index (χ1v) is 10.8. The van der Waals surface area contributed by atoms with Crippen LogP contribution in [-0.4, -0.2) is 18.2 Å². The van der Waals surface area contributed by atoms with Gasteiger partial charge in [0.05, 0.1) is 5.69 Å². The molecule has 1 aliphatic rings. The Balaban J connectivity index is 1.51. The van der Waals surface area contributed by atoms with Crippen molar-refractivity contribution >= 4 is 28.9 Å². The Bertz CT molecular complexity index is 1090. The number of aliphatic imine (C=N–C) groups is 1. The van der Waals surface area contributed by atoms with Gasteiger partial charge in [0, 0.05) is 29.3 Å². The van der Waals surface area contributed by atoms with Crippen molar-refractivity contribution in [3.05, 3.63) is 99.6 Å². The first-order valence-electron chi connectivity index (χ1n) is 10.5. The van der Waals surface area contributed by atoms with E-state index in [-0.39, 0.29) is 5.91 Å². The summed E-state index contributed by atoms with van der Waals surface area (Å²) in [5, 5.41) is 3.74. The van der Waals surface area contributed by atoms with E-state index in [4.69, 9.17) is 16.6 Å². The lowest BCUT2D eigenvalue weighted by atomic mass is 9.96. The van der Waals surface area contributed by atoms with E-state index in [0.29, 0.717) is 12.1 Å². The fourth-order valence-corrected chi connectivity index (χ4v) is 3.95. The average molecular weight is 417 g/mol. The number of nitrogens with one attached hydrogen (secondary N) is 1. The van der Waals surface area contributed by atoms with Crippen LogP contribution in [0.4, 0.5) is 5.69 Å². The molecular weight excluding hydrogens is 392 g/mol. The van der Waals surface area contributed by atoms with Crippen molar-refractivity contribution in [3.63, 3.8) is 0 Å². The first-order chi connectivity index (χ1) is 14.6. The van der Waals surface area contributed by atoms with Crippen molar-refractivity contribution in [1.82, 2.24) is 5.32 Å². The van der Waals surface area contributed by atoms with Gasteiger partial charge in [0.2, 0.25) is 0 Å².